The van der Waals surface area contributed by atoms with Crippen LogP contribution in [0.2, 0.25) is 0 Å². The van der Waals surface area contributed by atoms with E-state index in [9.17, 15) is 19.6 Å². The average Bonchev–Trinajstić information content (AvgIpc) is 2.96. The van der Waals surface area contributed by atoms with Crippen molar-refractivity contribution >= 4 is 11.5 Å². The molecule has 0 bridgehead atoms. The first-order valence-electron chi connectivity index (χ1n) is 14.3. The molecule has 3 atom stereocenters. The van der Waals surface area contributed by atoms with Gasteiger partial charge >= 0.3 is 0 Å². The summed E-state index contributed by atoms with van der Waals surface area (Å²) in [5.74, 6) is -2.53. The second kappa shape index (κ2) is 12.7. The molecule has 2 unspecified atom stereocenters. The topological polar surface area (TPSA) is 76.8 Å². The molecule has 3 aliphatic rings. The number of hydrogen-bond donors (Lipinski definition) is 1. The highest BCUT2D eigenvalue weighted by atomic mass is 19.1. The van der Waals surface area contributed by atoms with E-state index in [1.54, 1.807) is 36.4 Å². The number of benzene rings is 1. The molecule has 0 spiro atoms. The summed E-state index contributed by atoms with van der Waals surface area (Å²) < 4.78 is 37.3. The van der Waals surface area contributed by atoms with E-state index in [1.807, 2.05) is 26.0 Å². The van der Waals surface area contributed by atoms with E-state index >= 15 is 4.39 Å². The van der Waals surface area contributed by atoms with Crippen molar-refractivity contribution in [3.8, 4) is 6.07 Å². The highest BCUT2D eigenvalue weighted by Gasteiger charge is 2.53. The van der Waals surface area contributed by atoms with Crippen LogP contribution in [0.4, 0.5) is 8.78 Å². The molecule has 1 amide bonds. The number of amides is 1. The molecular weight excluding hydrogens is 500 g/mol. The maximum Gasteiger partial charge on any atom is 0.260 e. The van der Waals surface area contributed by atoms with Gasteiger partial charge in [0.05, 0.1) is 18.8 Å². The molecule has 2 aliphatic heterocycles. The lowest BCUT2D eigenvalue weighted by Gasteiger charge is -2.42. The summed E-state index contributed by atoms with van der Waals surface area (Å²) in [6.07, 6.45) is 6.16. The summed E-state index contributed by atoms with van der Waals surface area (Å²) in [7, 11) is 0. The minimum absolute atomic E-state index is 0.102. The zero-order chi connectivity index (χ0) is 28.0. The number of hydrogen-bond acceptors (Lipinski definition) is 5. The summed E-state index contributed by atoms with van der Waals surface area (Å²) >= 11 is 0. The zero-order valence-electron chi connectivity index (χ0n) is 23.1. The van der Waals surface area contributed by atoms with Crippen LogP contribution in [0.3, 0.4) is 0 Å². The molecule has 1 aliphatic carbocycles. The van der Waals surface area contributed by atoms with Gasteiger partial charge in [0, 0.05) is 25.2 Å². The van der Waals surface area contributed by atoms with Crippen LogP contribution in [-0.2, 0) is 9.53 Å². The van der Waals surface area contributed by atoms with Gasteiger partial charge in [-0.2, -0.15) is 5.26 Å². The summed E-state index contributed by atoms with van der Waals surface area (Å²) in [6.45, 7) is 6.35. The number of likely N-dealkylation sites (tertiary alicyclic amines) is 2. The van der Waals surface area contributed by atoms with Crippen molar-refractivity contribution in [1.29, 1.82) is 5.26 Å². The Hall–Kier alpha value is -2.60. The predicted molar refractivity (Wildman–Crippen MR) is 147 cm³/mol. The van der Waals surface area contributed by atoms with Crippen molar-refractivity contribution in [2.45, 2.75) is 69.7 Å². The Kier molecular flexibility index (Phi) is 9.58. The second-order valence-electron chi connectivity index (χ2n) is 11.3. The summed E-state index contributed by atoms with van der Waals surface area (Å²) in [5.41, 5.74) is -2.12. The van der Waals surface area contributed by atoms with Crippen LogP contribution in [0.1, 0.15) is 57.9 Å². The standard InChI is InChI=1S/C31H41F2N3O3/c1-3-30(33,4-2)22-35-17-13-23(14-18-35)21-39-31(29(38)36-16-8-11-25(37)20-36)15-12-26(28(32)27(31)19-34)24-9-6-5-7-10-24/h5-7,9-10,12,15,23,25,27,37H,3-4,8,11,13-14,16-18,20-22H2,1-2H3/t25?,27-,31?/m0/s1. The first-order chi connectivity index (χ1) is 18.7. The molecule has 6 nitrogen and oxygen atoms in total. The fourth-order valence-electron chi connectivity index (χ4n) is 5.95. The minimum atomic E-state index is -1.82. The Labute approximate surface area is 230 Å². The number of carbonyl (C=O) groups excluding carboxylic acids is 1. The van der Waals surface area contributed by atoms with E-state index in [2.05, 4.69) is 4.90 Å². The normalized spacial score (nSPS) is 27.0. The van der Waals surface area contributed by atoms with E-state index in [4.69, 9.17) is 4.74 Å². The van der Waals surface area contributed by atoms with Crippen molar-refractivity contribution in [1.82, 2.24) is 9.80 Å². The Morgan fingerprint density at radius 2 is 1.87 bits per heavy atom. The second-order valence-corrected chi connectivity index (χ2v) is 11.3. The minimum Gasteiger partial charge on any atom is -0.391 e. The number of nitriles is 1. The van der Waals surface area contributed by atoms with Gasteiger partial charge in [0.15, 0.2) is 5.60 Å². The van der Waals surface area contributed by atoms with Gasteiger partial charge in [0.25, 0.3) is 5.91 Å². The highest BCUT2D eigenvalue weighted by Crippen LogP contribution is 2.42. The predicted octanol–water partition coefficient (Wildman–Crippen LogP) is 5.06. The molecule has 212 valence electrons. The maximum absolute atomic E-state index is 16.0. The van der Waals surface area contributed by atoms with Crippen LogP contribution in [0.25, 0.3) is 5.57 Å². The van der Waals surface area contributed by atoms with Crippen LogP contribution < -0.4 is 0 Å². The van der Waals surface area contributed by atoms with Gasteiger partial charge in [-0.15, -0.1) is 0 Å². The number of allylic oxidation sites excluding steroid dienone is 2. The number of rotatable bonds is 9. The highest BCUT2D eigenvalue weighted by molar-refractivity contribution is 5.92. The molecule has 2 fully saturated rings. The van der Waals surface area contributed by atoms with E-state index in [0.717, 1.165) is 25.9 Å². The van der Waals surface area contributed by atoms with Gasteiger partial charge in [-0.3, -0.25) is 4.79 Å². The van der Waals surface area contributed by atoms with Crippen molar-refractivity contribution < 1.29 is 23.4 Å². The van der Waals surface area contributed by atoms with Gasteiger partial charge in [0.2, 0.25) is 0 Å². The van der Waals surface area contributed by atoms with Crippen molar-refractivity contribution in [2.75, 3.05) is 39.3 Å². The first-order valence-corrected chi connectivity index (χ1v) is 14.3. The Bertz CT molecular complexity index is 1090. The zero-order valence-corrected chi connectivity index (χ0v) is 23.1. The van der Waals surface area contributed by atoms with Gasteiger partial charge in [-0.1, -0.05) is 50.3 Å². The summed E-state index contributed by atoms with van der Waals surface area (Å²) in [4.78, 5) is 17.6. The number of ether oxygens (including phenoxy) is 1. The largest absolute Gasteiger partial charge is 0.391 e. The number of aliphatic hydroxyl groups excluding tert-OH is 1. The smallest absolute Gasteiger partial charge is 0.260 e. The lowest BCUT2D eigenvalue weighted by molar-refractivity contribution is -0.161. The lowest BCUT2D eigenvalue weighted by Crippen LogP contribution is -2.58. The van der Waals surface area contributed by atoms with Crippen molar-refractivity contribution in [2.24, 2.45) is 11.8 Å². The number of carbonyl (C=O) groups is 1. The van der Waals surface area contributed by atoms with E-state index in [0.29, 0.717) is 44.3 Å². The Morgan fingerprint density at radius 1 is 1.18 bits per heavy atom. The molecule has 2 saturated heterocycles. The average molecular weight is 542 g/mol. The van der Waals surface area contributed by atoms with Crippen LogP contribution in [0.15, 0.2) is 48.3 Å². The lowest BCUT2D eigenvalue weighted by atomic mass is 9.78. The molecule has 1 aromatic carbocycles. The van der Waals surface area contributed by atoms with Gasteiger partial charge in [-0.05, 0) is 69.2 Å². The molecule has 2 heterocycles. The number of β-amino-alcohol motifs (C(OH)–C–C–N with tert-alkyl or cyclic N) is 1. The maximum atomic E-state index is 16.0. The quantitative estimate of drug-likeness (QED) is 0.473. The Balaban J connectivity index is 1.54. The summed E-state index contributed by atoms with van der Waals surface area (Å²) in [6, 6.07) is 11.0. The monoisotopic (exact) mass is 541 g/mol. The van der Waals surface area contributed by atoms with Gasteiger partial charge < -0.3 is 19.6 Å². The van der Waals surface area contributed by atoms with E-state index in [1.165, 1.54) is 4.90 Å². The third-order valence-corrected chi connectivity index (χ3v) is 8.71. The Morgan fingerprint density at radius 3 is 2.49 bits per heavy atom. The molecule has 0 saturated carbocycles. The molecule has 4 rings (SSSR count). The molecule has 8 heteroatoms. The molecule has 1 aromatic rings. The van der Waals surface area contributed by atoms with E-state index < -0.39 is 35.0 Å². The number of halogens is 2. The van der Waals surface area contributed by atoms with Crippen LogP contribution in [0.5, 0.6) is 0 Å². The van der Waals surface area contributed by atoms with Gasteiger partial charge in [0.1, 0.15) is 17.4 Å². The van der Waals surface area contributed by atoms with Gasteiger partial charge in [-0.25, -0.2) is 8.78 Å². The SMILES string of the molecule is CCC(F)(CC)CN1CCC(COC2(C(=O)N3CCCC(O)C3)C=CC(c3ccccc3)=C(F)[C@@H]2C#N)CC1. The first kappa shape index (κ1) is 29.4. The number of alkyl halides is 1. The van der Waals surface area contributed by atoms with E-state index in [-0.39, 0.29) is 24.6 Å². The third kappa shape index (κ3) is 6.42. The van der Waals surface area contributed by atoms with Crippen LogP contribution in [-0.4, -0.2) is 77.5 Å². The summed E-state index contributed by atoms with van der Waals surface area (Å²) in [5, 5.41) is 20.4. The molecule has 0 radical (unpaired) electrons. The molecule has 1 N–H and O–H groups in total. The molecular formula is C31H41F2N3O3. The fraction of sp³-hybridized carbons (Fsp3) is 0.613. The molecule has 39 heavy (non-hydrogen) atoms. The van der Waals surface area contributed by atoms with Crippen molar-refractivity contribution in [3.63, 3.8) is 0 Å². The number of nitrogens with zero attached hydrogens (tertiary/aromatic N) is 3. The fourth-order valence-corrected chi connectivity index (χ4v) is 5.95. The van der Waals surface area contributed by atoms with Crippen LogP contribution in [0, 0.1) is 23.2 Å². The third-order valence-electron chi connectivity index (χ3n) is 8.71. The van der Waals surface area contributed by atoms with Crippen molar-refractivity contribution in [3.05, 3.63) is 53.9 Å². The molecule has 0 aromatic heterocycles. The van der Waals surface area contributed by atoms with Crippen LogP contribution >= 0.6 is 0 Å². The number of piperidine rings is 2. The number of aliphatic hydroxyl groups is 1.